The van der Waals surface area contributed by atoms with E-state index in [0.717, 1.165) is 52.5 Å². The van der Waals surface area contributed by atoms with Crippen LogP contribution in [0.3, 0.4) is 0 Å². The molecule has 0 saturated carbocycles. The van der Waals surface area contributed by atoms with Crippen LogP contribution in [0.15, 0.2) is 90.6 Å². The lowest BCUT2D eigenvalue weighted by Gasteiger charge is -2.34. The molecule has 276 valence electrons. The molecule has 0 fully saturated rings. The Morgan fingerprint density at radius 1 is 0.868 bits per heavy atom. The van der Waals surface area contributed by atoms with E-state index in [4.69, 9.17) is 9.84 Å². The first-order chi connectivity index (χ1) is 25.1. The van der Waals surface area contributed by atoms with Crippen LogP contribution in [0, 0.1) is 17.7 Å². The van der Waals surface area contributed by atoms with Crippen molar-refractivity contribution in [3.8, 4) is 23.0 Å². The second-order valence-electron chi connectivity index (χ2n) is 17.7. The molecule has 7 rings (SSSR count). The van der Waals surface area contributed by atoms with Gasteiger partial charge in [0.1, 0.15) is 23.1 Å². The smallest absolute Gasteiger partial charge is 0.140 e. The van der Waals surface area contributed by atoms with E-state index in [9.17, 15) is 4.39 Å². The van der Waals surface area contributed by atoms with Crippen LogP contribution < -0.4 is 4.74 Å². The van der Waals surface area contributed by atoms with Crippen molar-refractivity contribution in [3.63, 3.8) is 0 Å². The number of hydrogen-bond acceptors (Lipinski definition) is 3. The summed E-state index contributed by atoms with van der Waals surface area (Å²) in [6.45, 7) is 23.1. The molecule has 3 aromatic heterocycles. The van der Waals surface area contributed by atoms with Gasteiger partial charge in [-0.1, -0.05) is 92.2 Å². The van der Waals surface area contributed by atoms with Gasteiger partial charge in [0.25, 0.3) is 0 Å². The van der Waals surface area contributed by atoms with Gasteiger partial charge in [0.05, 0.1) is 28.1 Å². The van der Waals surface area contributed by atoms with Crippen LogP contribution in [-0.4, -0.2) is 19.3 Å². The summed E-state index contributed by atoms with van der Waals surface area (Å²) in [5, 5.41) is 7.69. The fourth-order valence-corrected chi connectivity index (χ4v) is 8.35. The van der Waals surface area contributed by atoms with Gasteiger partial charge >= 0.3 is 0 Å². The number of halogens is 1. The summed E-state index contributed by atoms with van der Waals surface area (Å²) in [7, 11) is 0. The molecule has 0 aliphatic heterocycles. The van der Waals surface area contributed by atoms with Gasteiger partial charge < -0.3 is 4.74 Å². The van der Waals surface area contributed by atoms with Crippen molar-refractivity contribution in [2.45, 2.75) is 112 Å². The highest BCUT2D eigenvalue weighted by atomic mass is 19.1. The molecule has 5 nitrogen and oxygen atoms in total. The number of hydrogen-bond donors (Lipinski definition) is 0. The number of benzene rings is 3. The van der Waals surface area contributed by atoms with Gasteiger partial charge in [-0.05, 0) is 86.4 Å². The number of ether oxygens (including phenoxy) is 1. The van der Waals surface area contributed by atoms with Crippen LogP contribution in [0.4, 0.5) is 4.39 Å². The maximum atomic E-state index is 14.5. The van der Waals surface area contributed by atoms with Gasteiger partial charge in [-0.2, -0.15) is 5.10 Å². The van der Waals surface area contributed by atoms with E-state index in [1.165, 1.54) is 52.8 Å². The third kappa shape index (κ3) is 7.17. The monoisotopic (exact) mass is 710 g/mol. The van der Waals surface area contributed by atoms with Gasteiger partial charge in [-0.25, -0.2) is 14.1 Å². The first-order valence-electron chi connectivity index (χ1n) is 19.4. The maximum absolute atomic E-state index is 14.5. The molecule has 53 heavy (non-hydrogen) atoms. The lowest BCUT2D eigenvalue weighted by atomic mass is 9.70. The molecule has 0 bridgehead atoms. The minimum Gasteiger partial charge on any atom is -0.457 e. The lowest BCUT2D eigenvalue weighted by molar-refractivity contribution is 0.431. The second-order valence-corrected chi connectivity index (χ2v) is 17.7. The summed E-state index contributed by atoms with van der Waals surface area (Å²) >= 11 is 0. The number of nitrogens with zero attached hydrogens (tertiary/aromatic N) is 4. The predicted molar refractivity (Wildman–Crippen MR) is 218 cm³/mol. The standard InChI is InChI=1S/C47H55FN4O/c1-29(2)18-19-32-24-34(52-45(47(8,9)10)43(44(50-52)46(5,6)7)42-30(3)14-13-15-31(42)4)27-36(25-32)53-35-20-21-38-37-16-11-12-17-39(37)51(40(38)28-35)41-26-33(48)22-23-49-41/h11-12,14,16-17,20-29,31,42H,13,15,18-19H2,1-10H3/t31-,42?/m0/s1. The Hall–Kier alpha value is -4.71. The highest BCUT2D eigenvalue weighted by Crippen LogP contribution is 2.47. The quantitative estimate of drug-likeness (QED) is 0.148. The van der Waals surface area contributed by atoms with Gasteiger partial charge in [0.15, 0.2) is 0 Å². The van der Waals surface area contributed by atoms with Crippen LogP contribution in [0.2, 0.25) is 0 Å². The van der Waals surface area contributed by atoms with Gasteiger partial charge in [0, 0.05) is 57.5 Å². The first-order valence-corrected chi connectivity index (χ1v) is 19.4. The van der Waals surface area contributed by atoms with Crippen LogP contribution >= 0.6 is 0 Å². The van der Waals surface area contributed by atoms with Crippen molar-refractivity contribution >= 4 is 21.8 Å². The van der Waals surface area contributed by atoms with Crippen molar-refractivity contribution in [2.75, 3.05) is 0 Å². The number of aromatic nitrogens is 4. The predicted octanol–water partition coefficient (Wildman–Crippen LogP) is 12.9. The average molecular weight is 711 g/mol. The summed E-state index contributed by atoms with van der Waals surface area (Å²) in [5.74, 6) is 3.10. The summed E-state index contributed by atoms with van der Waals surface area (Å²) < 4.78 is 25.6. The van der Waals surface area contributed by atoms with Gasteiger partial charge in [-0.3, -0.25) is 4.57 Å². The second kappa shape index (κ2) is 13.9. The molecule has 1 aliphatic carbocycles. The highest BCUT2D eigenvalue weighted by Gasteiger charge is 2.39. The fourth-order valence-electron chi connectivity index (χ4n) is 8.35. The van der Waals surface area contributed by atoms with Crippen LogP contribution in [0.5, 0.6) is 11.5 Å². The molecular weight excluding hydrogens is 656 g/mol. The summed E-state index contributed by atoms with van der Waals surface area (Å²) in [6, 6.07) is 23.9. The van der Waals surface area contributed by atoms with Crippen LogP contribution in [-0.2, 0) is 17.3 Å². The third-order valence-electron chi connectivity index (χ3n) is 10.8. The zero-order chi connectivity index (χ0) is 37.8. The number of aryl methyl sites for hydroxylation is 1. The number of rotatable bonds is 8. The fraction of sp³-hybridized carbons (Fsp3) is 0.404. The van der Waals surface area contributed by atoms with E-state index in [0.29, 0.717) is 29.3 Å². The van der Waals surface area contributed by atoms with E-state index in [1.54, 1.807) is 0 Å². The maximum Gasteiger partial charge on any atom is 0.140 e. The number of allylic oxidation sites excluding steroid dienone is 2. The lowest BCUT2D eigenvalue weighted by Crippen LogP contribution is -2.25. The Labute approximate surface area is 314 Å². The van der Waals surface area contributed by atoms with Crippen molar-refractivity contribution in [3.05, 3.63) is 119 Å². The molecule has 0 saturated heterocycles. The minimum atomic E-state index is -0.325. The third-order valence-corrected chi connectivity index (χ3v) is 10.8. The minimum absolute atomic E-state index is 0.142. The Morgan fingerprint density at radius 3 is 2.32 bits per heavy atom. The number of fused-ring (bicyclic) bond motifs is 3. The molecule has 1 unspecified atom stereocenters. The molecule has 0 amide bonds. The molecule has 2 atom stereocenters. The van der Waals surface area contributed by atoms with Crippen LogP contribution in [0.1, 0.15) is 117 Å². The number of para-hydroxylation sites is 1. The molecule has 3 aromatic carbocycles. The molecular formula is C47H55FN4O. The van der Waals surface area contributed by atoms with E-state index >= 15 is 0 Å². The Morgan fingerprint density at radius 2 is 1.62 bits per heavy atom. The summed E-state index contributed by atoms with van der Waals surface area (Å²) in [4.78, 5) is 4.55. The number of pyridine rings is 1. The average Bonchev–Trinajstić information content (AvgIpc) is 3.65. The van der Waals surface area contributed by atoms with Gasteiger partial charge in [0.2, 0.25) is 0 Å². The van der Waals surface area contributed by atoms with E-state index < -0.39 is 0 Å². The van der Waals surface area contributed by atoms with Crippen molar-refractivity contribution in [2.24, 2.45) is 11.8 Å². The molecule has 3 heterocycles. The summed E-state index contributed by atoms with van der Waals surface area (Å²) in [5.41, 5.74) is 9.10. The van der Waals surface area contributed by atoms with Crippen molar-refractivity contribution in [1.29, 1.82) is 0 Å². The van der Waals surface area contributed by atoms with Crippen molar-refractivity contribution in [1.82, 2.24) is 19.3 Å². The van der Waals surface area contributed by atoms with Crippen molar-refractivity contribution < 1.29 is 9.13 Å². The normalized spacial score (nSPS) is 16.9. The molecule has 0 N–H and O–H groups in total. The Bertz CT molecular complexity index is 2330. The van der Waals surface area contributed by atoms with E-state index in [-0.39, 0.29) is 16.6 Å². The Kier molecular flexibility index (Phi) is 9.63. The zero-order valence-corrected chi connectivity index (χ0v) is 33.2. The zero-order valence-electron chi connectivity index (χ0n) is 33.2. The molecule has 6 heteroatoms. The van der Waals surface area contributed by atoms with Gasteiger partial charge in [-0.15, -0.1) is 0 Å². The topological polar surface area (TPSA) is 44.9 Å². The molecule has 0 spiro atoms. The van der Waals surface area contributed by atoms with E-state index in [2.05, 4.69) is 121 Å². The first kappa shape index (κ1) is 36.6. The molecule has 6 aromatic rings. The molecule has 1 aliphatic rings. The SMILES string of the molecule is CC1=CCC[C@H](C)C1c1c(C(C)(C)C)nn(-c2cc(CCC(C)C)cc(Oc3ccc4c5ccccc5n(-c5cc(F)ccn5)c4c3)c2)c1C(C)(C)C. The van der Waals surface area contributed by atoms with E-state index in [1.807, 2.05) is 28.8 Å². The summed E-state index contributed by atoms with van der Waals surface area (Å²) in [6.07, 6.45) is 8.29. The van der Waals surface area contributed by atoms with Crippen LogP contribution in [0.25, 0.3) is 33.3 Å². The molecule has 0 radical (unpaired) electrons. The largest absolute Gasteiger partial charge is 0.457 e. The highest BCUT2D eigenvalue weighted by molar-refractivity contribution is 6.09. The Balaban J connectivity index is 1.40.